The quantitative estimate of drug-likeness (QED) is 0.590. The van der Waals surface area contributed by atoms with Crippen molar-refractivity contribution in [1.29, 1.82) is 0 Å². The van der Waals surface area contributed by atoms with E-state index in [1.807, 2.05) is 10.3 Å². The Labute approximate surface area is 190 Å². The van der Waals surface area contributed by atoms with Crippen LogP contribution in [0.15, 0.2) is 35.0 Å². The third kappa shape index (κ3) is 4.57. The highest BCUT2D eigenvalue weighted by molar-refractivity contribution is 7.14. The van der Waals surface area contributed by atoms with E-state index in [2.05, 4.69) is 39.9 Å². The molecule has 0 atom stereocenters. The van der Waals surface area contributed by atoms with Gasteiger partial charge in [-0.3, -0.25) is 9.59 Å². The van der Waals surface area contributed by atoms with Crippen LogP contribution in [-0.2, 0) is 35.4 Å². The van der Waals surface area contributed by atoms with Crippen molar-refractivity contribution in [2.24, 2.45) is 0 Å². The molecule has 5 nitrogen and oxygen atoms in total. The number of rotatable bonds is 5. The van der Waals surface area contributed by atoms with Crippen molar-refractivity contribution in [3.8, 4) is 11.3 Å². The fourth-order valence-corrected chi connectivity index (χ4v) is 6.00. The van der Waals surface area contributed by atoms with E-state index in [1.54, 1.807) is 11.3 Å². The van der Waals surface area contributed by atoms with E-state index in [1.165, 1.54) is 52.2 Å². The van der Waals surface area contributed by atoms with Crippen LogP contribution < -0.4 is 5.32 Å². The van der Waals surface area contributed by atoms with Crippen molar-refractivity contribution in [3.63, 3.8) is 0 Å². The predicted octanol–water partition coefficient (Wildman–Crippen LogP) is 5.05. The van der Waals surface area contributed by atoms with Crippen LogP contribution in [0.25, 0.3) is 11.3 Å². The lowest BCUT2D eigenvalue weighted by Gasteiger charge is -2.27. The zero-order valence-electron chi connectivity index (χ0n) is 17.4. The van der Waals surface area contributed by atoms with Gasteiger partial charge < -0.3 is 10.2 Å². The second kappa shape index (κ2) is 8.93. The predicted molar refractivity (Wildman–Crippen MR) is 125 cm³/mol. The molecule has 1 N–H and O–H groups in total. The molecule has 7 heteroatoms. The first-order valence-corrected chi connectivity index (χ1v) is 12.6. The van der Waals surface area contributed by atoms with Crippen LogP contribution in [0, 0.1) is 0 Å². The summed E-state index contributed by atoms with van der Waals surface area (Å²) in [4.78, 5) is 32.7. The summed E-state index contributed by atoms with van der Waals surface area (Å²) in [6.07, 6.45) is 6.14. The van der Waals surface area contributed by atoms with Gasteiger partial charge in [-0.05, 0) is 66.3 Å². The first-order chi connectivity index (χ1) is 15.2. The Bertz CT molecular complexity index is 1120. The lowest BCUT2D eigenvalue weighted by molar-refractivity contribution is -0.133. The Hall–Kier alpha value is -2.51. The van der Waals surface area contributed by atoms with Crippen molar-refractivity contribution in [3.05, 3.63) is 56.6 Å². The Morgan fingerprint density at radius 3 is 2.77 bits per heavy atom. The average molecular weight is 452 g/mol. The number of nitrogens with one attached hydrogen (secondary N) is 1. The third-order valence-corrected chi connectivity index (χ3v) is 7.90. The number of benzene rings is 1. The number of hydrogen-bond acceptors (Lipinski definition) is 5. The van der Waals surface area contributed by atoms with Gasteiger partial charge in [0.1, 0.15) is 0 Å². The third-order valence-electron chi connectivity index (χ3n) is 6.12. The molecule has 0 bridgehead atoms. The second-order valence-electron chi connectivity index (χ2n) is 8.21. The summed E-state index contributed by atoms with van der Waals surface area (Å²) in [6.45, 7) is 1.40. The van der Waals surface area contributed by atoms with Gasteiger partial charge in [-0.2, -0.15) is 0 Å². The Kier molecular flexibility index (Phi) is 5.87. The van der Waals surface area contributed by atoms with E-state index in [0.29, 0.717) is 11.7 Å². The number of hydrogen-bond donors (Lipinski definition) is 1. The number of amides is 2. The highest BCUT2D eigenvalue weighted by atomic mass is 32.1. The number of aryl methyl sites for hydroxylation is 2. The molecule has 5 rings (SSSR count). The molecule has 1 aliphatic heterocycles. The summed E-state index contributed by atoms with van der Waals surface area (Å²) >= 11 is 3.19. The minimum atomic E-state index is -0.159. The van der Waals surface area contributed by atoms with Crippen molar-refractivity contribution >= 4 is 39.6 Å². The molecule has 0 saturated carbocycles. The van der Waals surface area contributed by atoms with E-state index >= 15 is 0 Å². The number of carbonyl (C=O) groups is 2. The Balaban J connectivity index is 1.15. The van der Waals surface area contributed by atoms with Gasteiger partial charge in [0.25, 0.3) is 0 Å². The molecule has 31 heavy (non-hydrogen) atoms. The van der Waals surface area contributed by atoms with Gasteiger partial charge in [0, 0.05) is 41.8 Å². The minimum absolute atomic E-state index is 0.0425. The van der Waals surface area contributed by atoms with Gasteiger partial charge in [0.2, 0.25) is 11.8 Å². The summed E-state index contributed by atoms with van der Waals surface area (Å²) in [6, 6.07) is 8.67. The molecule has 0 unspecified atom stereocenters. The lowest BCUT2D eigenvalue weighted by atomic mass is 9.90. The molecule has 0 radical (unpaired) electrons. The molecule has 0 saturated heterocycles. The standard InChI is InChI=1S/C24H25N3O2S2/c28-22(7-8-23(29)27-11-9-21-19(14-27)10-12-30-21)26-24-25-20(15-31-24)18-6-5-16-3-1-2-4-17(16)13-18/h5-6,10,12-13,15H,1-4,7-9,11,14H2,(H,25,26,28). The van der Waals surface area contributed by atoms with Crippen molar-refractivity contribution < 1.29 is 9.59 Å². The number of thiophene rings is 1. The molecule has 1 aromatic carbocycles. The summed E-state index contributed by atoms with van der Waals surface area (Å²) < 4.78 is 0. The Morgan fingerprint density at radius 2 is 1.87 bits per heavy atom. The van der Waals surface area contributed by atoms with Crippen LogP contribution in [0.4, 0.5) is 5.13 Å². The molecular formula is C24H25N3O2S2. The van der Waals surface area contributed by atoms with Gasteiger partial charge in [0.15, 0.2) is 5.13 Å². The molecule has 0 spiro atoms. The SMILES string of the molecule is O=C(CCC(=O)N1CCc2sccc2C1)Nc1nc(-c2ccc3c(c2)CCCC3)cs1. The molecule has 1 aliphatic carbocycles. The molecule has 160 valence electrons. The van der Waals surface area contributed by atoms with E-state index in [4.69, 9.17) is 0 Å². The van der Waals surface area contributed by atoms with Gasteiger partial charge in [0.05, 0.1) is 5.69 Å². The number of fused-ring (bicyclic) bond motifs is 2. The summed E-state index contributed by atoms with van der Waals surface area (Å²) in [7, 11) is 0. The largest absolute Gasteiger partial charge is 0.338 e. The van der Waals surface area contributed by atoms with E-state index < -0.39 is 0 Å². The molecule has 2 aromatic heterocycles. The van der Waals surface area contributed by atoms with Gasteiger partial charge >= 0.3 is 0 Å². The van der Waals surface area contributed by atoms with Crippen molar-refractivity contribution in [2.75, 3.05) is 11.9 Å². The number of carbonyl (C=O) groups excluding carboxylic acids is 2. The summed E-state index contributed by atoms with van der Waals surface area (Å²) in [5, 5.41) is 7.52. The summed E-state index contributed by atoms with van der Waals surface area (Å²) in [5.41, 5.74) is 6.11. The normalized spacial score (nSPS) is 15.3. The number of nitrogens with zero attached hydrogens (tertiary/aromatic N) is 2. The number of anilines is 1. The monoisotopic (exact) mass is 451 g/mol. The molecule has 2 amide bonds. The minimum Gasteiger partial charge on any atom is -0.338 e. The number of thiazole rings is 1. The van der Waals surface area contributed by atoms with E-state index in [0.717, 1.165) is 30.6 Å². The topological polar surface area (TPSA) is 62.3 Å². The highest BCUT2D eigenvalue weighted by Gasteiger charge is 2.22. The highest BCUT2D eigenvalue weighted by Crippen LogP contribution is 2.30. The Morgan fingerprint density at radius 1 is 1.00 bits per heavy atom. The van der Waals surface area contributed by atoms with Gasteiger partial charge in [-0.15, -0.1) is 22.7 Å². The van der Waals surface area contributed by atoms with Crippen LogP contribution in [0.1, 0.15) is 47.3 Å². The van der Waals surface area contributed by atoms with Crippen LogP contribution >= 0.6 is 22.7 Å². The van der Waals surface area contributed by atoms with Crippen LogP contribution in [-0.4, -0.2) is 28.2 Å². The maximum absolute atomic E-state index is 12.5. The van der Waals surface area contributed by atoms with Crippen molar-refractivity contribution in [2.45, 2.75) is 51.5 Å². The molecule has 0 fully saturated rings. The lowest BCUT2D eigenvalue weighted by Crippen LogP contribution is -2.35. The van der Waals surface area contributed by atoms with Gasteiger partial charge in [-0.25, -0.2) is 4.98 Å². The maximum atomic E-state index is 12.5. The van der Waals surface area contributed by atoms with Crippen LogP contribution in [0.5, 0.6) is 0 Å². The number of aromatic nitrogens is 1. The van der Waals surface area contributed by atoms with Crippen LogP contribution in [0.3, 0.4) is 0 Å². The zero-order valence-corrected chi connectivity index (χ0v) is 19.0. The zero-order chi connectivity index (χ0) is 21.2. The summed E-state index contributed by atoms with van der Waals surface area (Å²) in [5.74, 6) is -0.117. The molecule has 3 aromatic rings. The first kappa shape index (κ1) is 20.4. The van der Waals surface area contributed by atoms with Crippen molar-refractivity contribution in [1.82, 2.24) is 9.88 Å². The van der Waals surface area contributed by atoms with E-state index in [9.17, 15) is 9.59 Å². The first-order valence-electron chi connectivity index (χ1n) is 10.9. The van der Waals surface area contributed by atoms with Crippen LogP contribution in [0.2, 0.25) is 0 Å². The molecule has 3 heterocycles. The molecule has 2 aliphatic rings. The molecular weight excluding hydrogens is 426 g/mol. The second-order valence-corrected chi connectivity index (χ2v) is 10.1. The fourth-order valence-electron chi connectivity index (χ4n) is 4.38. The maximum Gasteiger partial charge on any atom is 0.226 e. The average Bonchev–Trinajstić information content (AvgIpc) is 3.46. The smallest absolute Gasteiger partial charge is 0.226 e. The van der Waals surface area contributed by atoms with Gasteiger partial charge in [-0.1, -0.05) is 12.1 Å². The van der Waals surface area contributed by atoms with E-state index in [-0.39, 0.29) is 24.7 Å². The fraction of sp³-hybridized carbons (Fsp3) is 0.375.